The fourth-order valence-electron chi connectivity index (χ4n) is 2.44. The van der Waals surface area contributed by atoms with Crippen molar-refractivity contribution < 1.29 is 9.53 Å². The molecule has 1 heterocycles. The molecule has 0 spiro atoms. The average molecular weight is 298 g/mol. The van der Waals surface area contributed by atoms with Crippen molar-refractivity contribution in [2.24, 2.45) is 0 Å². The Hall–Kier alpha value is -1.30. The molecular formula is C14H20ClN3O2. The minimum Gasteiger partial charge on any atom is -0.397 e. The van der Waals surface area contributed by atoms with E-state index in [9.17, 15) is 4.79 Å². The number of carbonyl (C=O) groups is 1. The van der Waals surface area contributed by atoms with Crippen LogP contribution in [0.4, 0.5) is 11.4 Å². The van der Waals surface area contributed by atoms with Gasteiger partial charge in [0.2, 0.25) is 5.91 Å². The number of hydrogen-bond acceptors (Lipinski definition) is 4. The lowest BCUT2D eigenvalue weighted by atomic mass is 10.2. The number of carbonyl (C=O) groups excluding carboxylic acids is 1. The molecule has 1 fully saturated rings. The van der Waals surface area contributed by atoms with Gasteiger partial charge in [-0.3, -0.25) is 9.69 Å². The summed E-state index contributed by atoms with van der Waals surface area (Å²) in [5.41, 5.74) is 6.87. The largest absolute Gasteiger partial charge is 0.397 e. The summed E-state index contributed by atoms with van der Waals surface area (Å²) in [6.07, 6.45) is 0.283. The molecule has 110 valence electrons. The van der Waals surface area contributed by atoms with E-state index in [1.165, 1.54) is 0 Å². The van der Waals surface area contributed by atoms with E-state index in [-0.39, 0.29) is 18.1 Å². The molecule has 20 heavy (non-hydrogen) atoms. The first kappa shape index (κ1) is 15.1. The van der Waals surface area contributed by atoms with Gasteiger partial charge in [-0.25, -0.2) is 0 Å². The van der Waals surface area contributed by atoms with Gasteiger partial charge in [-0.2, -0.15) is 0 Å². The van der Waals surface area contributed by atoms with Crippen LogP contribution in [0.25, 0.3) is 0 Å². The van der Waals surface area contributed by atoms with Gasteiger partial charge in [-0.1, -0.05) is 11.6 Å². The number of nitrogens with zero attached hydrogens (tertiary/aromatic N) is 1. The van der Waals surface area contributed by atoms with Gasteiger partial charge in [-0.15, -0.1) is 0 Å². The highest BCUT2D eigenvalue weighted by Crippen LogP contribution is 2.23. The van der Waals surface area contributed by atoms with Crippen LogP contribution in [-0.2, 0) is 9.53 Å². The second kappa shape index (κ2) is 6.43. The van der Waals surface area contributed by atoms with Crippen molar-refractivity contribution in [2.45, 2.75) is 26.1 Å². The predicted octanol–water partition coefficient (Wildman–Crippen LogP) is 1.97. The molecule has 0 unspecified atom stereocenters. The predicted molar refractivity (Wildman–Crippen MR) is 80.9 cm³/mol. The van der Waals surface area contributed by atoms with Crippen molar-refractivity contribution in [1.82, 2.24) is 4.90 Å². The van der Waals surface area contributed by atoms with Crippen LogP contribution in [0.2, 0.25) is 5.02 Å². The van der Waals surface area contributed by atoms with E-state index in [4.69, 9.17) is 22.1 Å². The number of benzene rings is 1. The third kappa shape index (κ3) is 4.10. The number of nitrogen functional groups attached to an aromatic ring is 1. The summed E-state index contributed by atoms with van der Waals surface area (Å²) in [5, 5.41) is 3.34. The van der Waals surface area contributed by atoms with Gasteiger partial charge in [0.05, 0.1) is 30.1 Å². The summed E-state index contributed by atoms with van der Waals surface area (Å²) in [6, 6.07) is 5.02. The third-order valence-electron chi connectivity index (χ3n) is 3.15. The molecule has 1 amide bonds. The van der Waals surface area contributed by atoms with Gasteiger partial charge in [0.1, 0.15) is 0 Å². The van der Waals surface area contributed by atoms with Gasteiger partial charge in [0.25, 0.3) is 0 Å². The molecular weight excluding hydrogens is 278 g/mol. The third-order valence-corrected chi connectivity index (χ3v) is 3.39. The maximum absolute atomic E-state index is 12.1. The summed E-state index contributed by atoms with van der Waals surface area (Å²) in [5.74, 6) is -0.0970. The molecule has 2 atom stereocenters. The zero-order valence-corrected chi connectivity index (χ0v) is 12.5. The maximum atomic E-state index is 12.1. The lowest BCUT2D eigenvalue weighted by molar-refractivity contribution is -0.121. The first-order valence-electron chi connectivity index (χ1n) is 6.66. The van der Waals surface area contributed by atoms with Gasteiger partial charge in [0, 0.05) is 18.1 Å². The number of hydrogen-bond donors (Lipinski definition) is 2. The van der Waals surface area contributed by atoms with Crippen LogP contribution in [0.5, 0.6) is 0 Å². The fraction of sp³-hybridized carbons (Fsp3) is 0.500. The Balaban J connectivity index is 1.93. The van der Waals surface area contributed by atoms with E-state index in [1.807, 2.05) is 13.8 Å². The topological polar surface area (TPSA) is 67.6 Å². The fourth-order valence-corrected chi connectivity index (χ4v) is 2.62. The Morgan fingerprint density at radius 3 is 2.75 bits per heavy atom. The molecule has 0 bridgehead atoms. The molecule has 0 aliphatic carbocycles. The minimum atomic E-state index is -0.0970. The quantitative estimate of drug-likeness (QED) is 0.837. The summed E-state index contributed by atoms with van der Waals surface area (Å²) in [4.78, 5) is 14.1. The van der Waals surface area contributed by atoms with Crippen LogP contribution in [0.15, 0.2) is 18.2 Å². The smallest absolute Gasteiger partial charge is 0.238 e. The number of halogens is 1. The second-order valence-electron chi connectivity index (χ2n) is 5.23. The number of nitrogens with two attached hydrogens (primary N) is 1. The van der Waals surface area contributed by atoms with Crippen LogP contribution < -0.4 is 11.1 Å². The highest BCUT2D eigenvalue weighted by molar-refractivity contribution is 6.31. The normalized spacial score (nSPS) is 23.6. The van der Waals surface area contributed by atoms with Crippen molar-refractivity contribution in [2.75, 3.05) is 30.7 Å². The van der Waals surface area contributed by atoms with Crippen molar-refractivity contribution in [3.63, 3.8) is 0 Å². The molecule has 1 aromatic carbocycles. The van der Waals surface area contributed by atoms with E-state index >= 15 is 0 Å². The van der Waals surface area contributed by atoms with Crippen molar-refractivity contribution in [3.05, 3.63) is 23.2 Å². The lowest BCUT2D eigenvalue weighted by Gasteiger charge is -2.34. The Bertz CT molecular complexity index is 485. The van der Waals surface area contributed by atoms with Gasteiger partial charge >= 0.3 is 0 Å². The molecule has 1 saturated heterocycles. The molecule has 1 aliphatic rings. The summed E-state index contributed by atoms with van der Waals surface area (Å²) >= 11 is 5.90. The molecule has 0 saturated carbocycles. The molecule has 5 nitrogen and oxygen atoms in total. The van der Waals surface area contributed by atoms with Crippen LogP contribution in [0.1, 0.15) is 13.8 Å². The first-order chi connectivity index (χ1) is 9.44. The standard InChI is InChI=1S/C14H20ClN3O2/c1-9-6-18(7-10(2)20-9)8-14(19)17-13-5-11(15)3-4-12(13)16/h3-5,9-10H,6-8,16H2,1-2H3,(H,17,19)/t9-,10+. The average Bonchev–Trinajstić information content (AvgIpc) is 2.32. The minimum absolute atomic E-state index is 0.0970. The lowest BCUT2D eigenvalue weighted by Crippen LogP contribution is -2.48. The summed E-state index contributed by atoms with van der Waals surface area (Å²) in [7, 11) is 0. The Morgan fingerprint density at radius 2 is 2.10 bits per heavy atom. The van der Waals surface area contributed by atoms with Crippen molar-refractivity contribution >= 4 is 28.9 Å². The van der Waals surface area contributed by atoms with Crippen LogP contribution in [0, 0.1) is 0 Å². The number of anilines is 2. The zero-order valence-electron chi connectivity index (χ0n) is 11.7. The van der Waals surface area contributed by atoms with Crippen LogP contribution in [-0.4, -0.2) is 42.6 Å². The zero-order chi connectivity index (χ0) is 14.7. The summed E-state index contributed by atoms with van der Waals surface area (Å²) in [6.45, 7) is 5.85. The Morgan fingerprint density at radius 1 is 1.45 bits per heavy atom. The monoisotopic (exact) mass is 297 g/mol. The van der Waals surface area contributed by atoms with E-state index in [0.717, 1.165) is 13.1 Å². The molecule has 0 radical (unpaired) electrons. The van der Waals surface area contributed by atoms with E-state index in [0.29, 0.717) is 22.9 Å². The molecule has 2 rings (SSSR count). The second-order valence-corrected chi connectivity index (χ2v) is 5.67. The molecule has 0 aromatic heterocycles. The number of nitrogens with one attached hydrogen (secondary N) is 1. The molecule has 3 N–H and O–H groups in total. The highest BCUT2D eigenvalue weighted by atomic mass is 35.5. The number of morpholine rings is 1. The van der Waals surface area contributed by atoms with Crippen molar-refractivity contribution in [3.8, 4) is 0 Å². The van der Waals surface area contributed by atoms with Crippen LogP contribution >= 0.6 is 11.6 Å². The number of ether oxygens (including phenoxy) is 1. The van der Waals surface area contributed by atoms with Gasteiger partial charge in [-0.05, 0) is 32.0 Å². The SMILES string of the molecule is C[C@@H]1CN(CC(=O)Nc2cc(Cl)ccc2N)C[C@H](C)O1. The molecule has 1 aliphatic heterocycles. The Labute approximate surface area is 124 Å². The maximum Gasteiger partial charge on any atom is 0.238 e. The molecule has 1 aromatic rings. The van der Waals surface area contributed by atoms with Crippen LogP contribution in [0.3, 0.4) is 0 Å². The summed E-state index contributed by atoms with van der Waals surface area (Å²) < 4.78 is 5.64. The first-order valence-corrected chi connectivity index (χ1v) is 7.04. The van der Waals surface area contributed by atoms with Gasteiger partial charge < -0.3 is 15.8 Å². The number of amides is 1. The van der Waals surface area contributed by atoms with E-state index < -0.39 is 0 Å². The highest BCUT2D eigenvalue weighted by Gasteiger charge is 2.23. The van der Waals surface area contributed by atoms with Gasteiger partial charge in [0.15, 0.2) is 0 Å². The number of rotatable bonds is 3. The van der Waals surface area contributed by atoms with E-state index in [2.05, 4.69) is 10.2 Å². The molecule has 6 heteroatoms. The van der Waals surface area contributed by atoms with E-state index in [1.54, 1.807) is 18.2 Å². The van der Waals surface area contributed by atoms with Crippen molar-refractivity contribution in [1.29, 1.82) is 0 Å². The Kier molecular flexibility index (Phi) is 4.86.